The molecule has 0 aliphatic carbocycles. The molecule has 0 aliphatic rings. The Balaban J connectivity index is 2.74. The fourth-order valence-electron chi connectivity index (χ4n) is 1.64. The third kappa shape index (κ3) is 1.93. The number of hydrogen-bond acceptors (Lipinski definition) is 4. The minimum atomic E-state index is -3.92. The molecule has 0 unspecified atom stereocenters. The Labute approximate surface area is 105 Å². The quantitative estimate of drug-likeness (QED) is 0.872. The van der Waals surface area contributed by atoms with Gasteiger partial charge in [0, 0.05) is 0 Å². The van der Waals surface area contributed by atoms with E-state index in [0.717, 1.165) is 0 Å². The zero-order chi connectivity index (χ0) is 13.3. The van der Waals surface area contributed by atoms with Gasteiger partial charge >= 0.3 is 0 Å². The molecule has 0 spiro atoms. The lowest BCUT2D eigenvalue weighted by Crippen LogP contribution is -2.03. The van der Waals surface area contributed by atoms with Crippen LogP contribution in [-0.4, -0.2) is 18.6 Å². The fraction of sp³-hybridized carbons (Fsp3) is 0.0769. The molecule has 0 heterocycles. The van der Waals surface area contributed by atoms with Gasteiger partial charge in [0.1, 0.15) is 11.5 Å². The monoisotopic (exact) mass is 264 g/mol. The van der Waals surface area contributed by atoms with E-state index in [1.54, 1.807) is 25.1 Å². The number of sulfone groups is 1. The summed E-state index contributed by atoms with van der Waals surface area (Å²) in [5.41, 5.74) is 0.391. The van der Waals surface area contributed by atoms with Gasteiger partial charge in [-0.2, -0.15) is 0 Å². The molecule has 0 saturated heterocycles. The molecule has 0 fully saturated rings. The third-order valence-electron chi connectivity index (χ3n) is 2.63. The summed E-state index contributed by atoms with van der Waals surface area (Å²) in [6, 6.07) is 10.4. The lowest BCUT2D eigenvalue weighted by Gasteiger charge is -2.10. The maximum absolute atomic E-state index is 12.3. The summed E-state index contributed by atoms with van der Waals surface area (Å²) in [6.45, 7) is 1.57. The summed E-state index contributed by atoms with van der Waals surface area (Å²) < 4.78 is 24.6. The van der Waals surface area contributed by atoms with Gasteiger partial charge in [-0.05, 0) is 30.7 Å². The van der Waals surface area contributed by atoms with Crippen molar-refractivity contribution in [1.82, 2.24) is 0 Å². The number of hydrogen-bond donors (Lipinski definition) is 2. The Bertz CT molecular complexity index is 676. The van der Waals surface area contributed by atoms with E-state index in [1.165, 1.54) is 24.3 Å². The highest BCUT2D eigenvalue weighted by Crippen LogP contribution is 2.37. The molecule has 0 radical (unpaired) electrons. The molecule has 0 saturated carbocycles. The normalized spacial score (nSPS) is 11.4. The van der Waals surface area contributed by atoms with Crippen molar-refractivity contribution in [2.75, 3.05) is 0 Å². The van der Waals surface area contributed by atoms with Crippen molar-refractivity contribution in [3.8, 4) is 11.5 Å². The van der Waals surface area contributed by atoms with E-state index < -0.39 is 26.2 Å². The zero-order valence-electron chi connectivity index (χ0n) is 9.66. The van der Waals surface area contributed by atoms with E-state index in [9.17, 15) is 18.6 Å². The number of rotatable bonds is 2. The maximum Gasteiger partial charge on any atom is 0.213 e. The second-order valence-corrected chi connectivity index (χ2v) is 5.78. The van der Waals surface area contributed by atoms with Gasteiger partial charge in [0.15, 0.2) is 4.90 Å². The molecule has 5 heteroatoms. The largest absolute Gasteiger partial charge is 0.506 e. The van der Waals surface area contributed by atoms with Gasteiger partial charge in [0.2, 0.25) is 9.84 Å². The van der Waals surface area contributed by atoms with Crippen molar-refractivity contribution >= 4 is 9.84 Å². The highest BCUT2D eigenvalue weighted by atomic mass is 32.2. The first-order valence-corrected chi connectivity index (χ1v) is 6.74. The van der Waals surface area contributed by atoms with E-state index in [4.69, 9.17) is 0 Å². The molecule has 2 rings (SSSR count). The SMILES string of the molecule is Cc1ccc(O)c(S(=O)(=O)c2ccccc2)c1O. The van der Waals surface area contributed by atoms with Crippen molar-refractivity contribution in [2.45, 2.75) is 16.7 Å². The van der Waals surface area contributed by atoms with Crippen molar-refractivity contribution in [3.05, 3.63) is 48.0 Å². The maximum atomic E-state index is 12.3. The van der Waals surface area contributed by atoms with Gasteiger partial charge in [-0.3, -0.25) is 0 Å². The molecule has 2 aromatic carbocycles. The van der Waals surface area contributed by atoms with Crippen LogP contribution in [0.4, 0.5) is 0 Å². The smallest absolute Gasteiger partial charge is 0.213 e. The highest BCUT2D eigenvalue weighted by Gasteiger charge is 2.26. The minimum Gasteiger partial charge on any atom is -0.506 e. The van der Waals surface area contributed by atoms with Crippen LogP contribution in [-0.2, 0) is 9.84 Å². The summed E-state index contributed by atoms with van der Waals surface area (Å²) in [7, 11) is -3.92. The first-order valence-electron chi connectivity index (χ1n) is 5.26. The molecular formula is C13H12O4S. The van der Waals surface area contributed by atoms with E-state index in [-0.39, 0.29) is 4.90 Å². The van der Waals surface area contributed by atoms with Gasteiger partial charge in [-0.25, -0.2) is 8.42 Å². The Hall–Kier alpha value is -2.01. The molecule has 0 aliphatic heterocycles. The molecule has 94 valence electrons. The van der Waals surface area contributed by atoms with Gasteiger partial charge < -0.3 is 10.2 Å². The number of aryl methyl sites for hydroxylation is 1. The molecule has 2 aromatic rings. The summed E-state index contributed by atoms with van der Waals surface area (Å²) in [4.78, 5) is -0.421. The third-order valence-corrected chi connectivity index (χ3v) is 4.47. The number of phenolic OH excluding ortho intramolecular Hbond substituents is 2. The van der Waals surface area contributed by atoms with Crippen LogP contribution in [0.1, 0.15) is 5.56 Å². The average Bonchev–Trinajstić information content (AvgIpc) is 2.35. The van der Waals surface area contributed by atoms with Crippen molar-refractivity contribution in [3.63, 3.8) is 0 Å². The van der Waals surface area contributed by atoms with Gasteiger partial charge in [0.05, 0.1) is 4.90 Å². The Morgan fingerprint density at radius 2 is 1.56 bits per heavy atom. The van der Waals surface area contributed by atoms with Gasteiger partial charge in [-0.15, -0.1) is 0 Å². The fourth-order valence-corrected chi connectivity index (χ4v) is 3.15. The van der Waals surface area contributed by atoms with E-state index in [0.29, 0.717) is 5.56 Å². The van der Waals surface area contributed by atoms with Crippen LogP contribution in [0.2, 0.25) is 0 Å². The van der Waals surface area contributed by atoms with Crippen LogP contribution >= 0.6 is 0 Å². The summed E-state index contributed by atoms with van der Waals surface area (Å²) >= 11 is 0. The molecule has 18 heavy (non-hydrogen) atoms. The lowest BCUT2D eigenvalue weighted by atomic mass is 10.2. The van der Waals surface area contributed by atoms with E-state index >= 15 is 0 Å². The average molecular weight is 264 g/mol. The van der Waals surface area contributed by atoms with Gasteiger partial charge in [-0.1, -0.05) is 24.3 Å². The lowest BCUT2D eigenvalue weighted by molar-refractivity contribution is 0.420. The topological polar surface area (TPSA) is 74.6 Å². The first kappa shape index (κ1) is 12.4. The highest BCUT2D eigenvalue weighted by molar-refractivity contribution is 7.91. The second-order valence-electron chi connectivity index (χ2n) is 3.90. The summed E-state index contributed by atoms with van der Waals surface area (Å²) in [5.74, 6) is -0.874. The predicted molar refractivity (Wildman–Crippen MR) is 66.4 cm³/mol. The zero-order valence-corrected chi connectivity index (χ0v) is 10.5. The molecule has 0 aromatic heterocycles. The van der Waals surface area contributed by atoms with Crippen molar-refractivity contribution in [2.24, 2.45) is 0 Å². The first-order chi connectivity index (χ1) is 8.44. The molecule has 0 bridgehead atoms. The van der Waals surface area contributed by atoms with Gasteiger partial charge in [0.25, 0.3) is 0 Å². The summed E-state index contributed by atoms with van der Waals surface area (Å²) in [6.07, 6.45) is 0. The van der Waals surface area contributed by atoms with Crippen LogP contribution in [0.15, 0.2) is 52.3 Å². The van der Waals surface area contributed by atoms with Crippen molar-refractivity contribution < 1.29 is 18.6 Å². The van der Waals surface area contributed by atoms with Crippen molar-refractivity contribution in [1.29, 1.82) is 0 Å². The molecule has 2 N–H and O–H groups in total. The van der Waals surface area contributed by atoms with Crippen LogP contribution in [0, 0.1) is 6.92 Å². The standard InChI is InChI=1S/C13H12O4S/c1-9-7-8-11(14)13(12(9)15)18(16,17)10-5-3-2-4-6-10/h2-8,14-15H,1H3. The Kier molecular flexibility index (Phi) is 3.00. The van der Waals surface area contributed by atoms with Crippen LogP contribution in [0.25, 0.3) is 0 Å². The summed E-state index contributed by atoms with van der Waals surface area (Å²) in [5, 5.41) is 19.5. The number of phenols is 2. The molecule has 0 atom stereocenters. The van der Waals surface area contributed by atoms with Crippen LogP contribution < -0.4 is 0 Å². The second kappa shape index (κ2) is 4.34. The number of aromatic hydroxyl groups is 2. The van der Waals surface area contributed by atoms with E-state index in [2.05, 4.69) is 0 Å². The Morgan fingerprint density at radius 1 is 0.944 bits per heavy atom. The van der Waals surface area contributed by atoms with Crippen LogP contribution in [0.5, 0.6) is 11.5 Å². The predicted octanol–water partition coefficient (Wildman–Crippen LogP) is 2.24. The molecular weight excluding hydrogens is 252 g/mol. The van der Waals surface area contributed by atoms with E-state index in [1.807, 2.05) is 0 Å². The molecule has 0 amide bonds. The number of benzene rings is 2. The molecule has 4 nitrogen and oxygen atoms in total. The van der Waals surface area contributed by atoms with Crippen LogP contribution in [0.3, 0.4) is 0 Å². The Morgan fingerprint density at radius 3 is 2.17 bits per heavy atom. The minimum absolute atomic E-state index is 0.0289.